The van der Waals surface area contributed by atoms with Crippen molar-refractivity contribution in [3.63, 3.8) is 0 Å². The number of pyridine rings is 1. The SMILES string of the molecule is CNCCC(O)C(O)c1cnc(N)c(C(=O)O)c1. The van der Waals surface area contributed by atoms with Gasteiger partial charge in [0, 0.05) is 11.8 Å². The summed E-state index contributed by atoms with van der Waals surface area (Å²) in [6.07, 6.45) is -0.589. The third-order valence-electron chi connectivity index (χ3n) is 2.57. The molecule has 0 amide bonds. The summed E-state index contributed by atoms with van der Waals surface area (Å²) in [5, 5.41) is 31.3. The van der Waals surface area contributed by atoms with E-state index in [9.17, 15) is 15.0 Å². The van der Waals surface area contributed by atoms with Gasteiger partial charge in [0.05, 0.1) is 6.10 Å². The number of nitrogens with zero attached hydrogens (tertiary/aromatic N) is 1. The zero-order chi connectivity index (χ0) is 13.7. The standard InChI is InChI=1S/C11H17N3O4/c1-13-3-2-8(15)9(16)6-4-7(11(17)18)10(12)14-5-6/h4-5,8-9,13,15-16H,2-3H2,1H3,(H2,12,14)(H,17,18). The topological polar surface area (TPSA) is 129 Å². The van der Waals surface area contributed by atoms with Crippen LogP contribution < -0.4 is 11.1 Å². The van der Waals surface area contributed by atoms with E-state index >= 15 is 0 Å². The number of rotatable bonds is 6. The van der Waals surface area contributed by atoms with Crippen molar-refractivity contribution in [3.05, 3.63) is 23.4 Å². The largest absolute Gasteiger partial charge is 0.478 e. The van der Waals surface area contributed by atoms with Gasteiger partial charge in [-0.3, -0.25) is 0 Å². The minimum atomic E-state index is -1.22. The monoisotopic (exact) mass is 255 g/mol. The highest BCUT2D eigenvalue weighted by Gasteiger charge is 2.20. The summed E-state index contributed by atoms with van der Waals surface area (Å²) in [5.41, 5.74) is 5.44. The quantitative estimate of drug-likeness (QED) is 0.457. The van der Waals surface area contributed by atoms with Crippen molar-refractivity contribution < 1.29 is 20.1 Å². The number of aliphatic hydroxyl groups excluding tert-OH is 2. The summed E-state index contributed by atoms with van der Waals surface area (Å²) >= 11 is 0. The van der Waals surface area contributed by atoms with Crippen LogP contribution in [0.1, 0.15) is 28.4 Å². The fourth-order valence-electron chi connectivity index (χ4n) is 1.50. The number of hydrogen-bond donors (Lipinski definition) is 5. The molecule has 18 heavy (non-hydrogen) atoms. The van der Waals surface area contributed by atoms with Crippen LogP contribution in [0.3, 0.4) is 0 Å². The van der Waals surface area contributed by atoms with Gasteiger partial charge < -0.3 is 26.4 Å². The Morgan fingerprint density at radius 2 is 2.22 bits per heavy atom. The molecular weight excluding hydrogens is 238 g/mol. The number of aliphatic hydroxyl groups is 2. The van der Waals surface area contributed by atoms with E-state index in [1.165, 1.54) is 12.3 Å². The zero-order valence-corrected chi connectivity index (χ0v) is 10.00. The van der Waals surface area contributed by atoms with E-state index in [1.807, 2.05) is 0 Å². The third kappa shape index (κ3) is 3.39. The van der Waals surface area contributed by atoms with Gasteiger partial charge in [-0.25, -0.2) is 9.78 Å². The predicted octanol–water partition coefficient (Wildman–Crippen LogP) is -0.634. The molecule has 0 saturated carbocycles. The van der Waals surface area contributed by atoms with Gasteiger partial charge in [0.1, 0.15) is 17.5 Å². The van der Waals surface area contributed by atoms with E-state index in [0.29, 0.717) is 13.0 Å². The van der Waals surface area contributed by atoms with E-state index in [2.05, 4.69) is 10.3 Å². The van der Waals surface area contributed by atoms with Crippen LogP contribution in [0, 0.1) is 0 Å². The third-order valence-corrected chi connectivity index (χ3v) is 2.57. The smallest absolute Gasteiger partial charge is 0.339 e. The maximum Gasteiger partial charge on any atom is 0.339 e. The van der Waals surface area contributed by atoms with Crippen LogP contribution in [-0.4, -0.2) is 46.0 Å². The molecule has 0 aliphatic carbocycles. The zero-order valence-electron chi connectivity index (χ0n) is 10.00. The number of hydrogen-bond acceptors (Lipinski definition) is 6. The summed E-state index contributed by atoms with van der Waals surface area (Å²) < 4.78 is 0. The number of nitrogens with one attached hydrogen (secondary N) is 1. The number of carboxylic acids is 1. The van der Waals surface area contributed by atoms with Crippen LogP contribution in [0.5, 0.6) is 0 Å². The Morgan fingerprint density at radius 3 is 2.78 bits per heavy atom. The van der Waals surface area contributed by atoms with E-state index in [0.717, 1.165) is 0 Å². The second-order valence-electron chi connectivity index (χ2n) is 3.91. The van der Waals surface area contributed by atoms with Gasteiger partial charge in [-0.15, -0.1) is 0 Å². The van der Waals surface area contributed by atoms with Crippen molar-refractivity contribution >= 4 is 11.8 Å². The fourth-order valence-corrected chi connectivity index (χ4v) is 1.50. The number of carboxylic acid groups (broad SMARTS) is 1. The molecule has 2 atom stereocenters. The maximum absolute atomic E-state index is 10.9. The number of nitrogens with two attached hydrogens (primary N) is 1. The first kappa shape index (κ1) is 14.4. The Labute approximate surface area is 104 Å². The maximum atomic E-state index is 10.9. The molecule has 7 heteroatoms. The molecule has 1 heterocycles. The highest BCUT2D eigenvalue weighted by atomic mass is 16.4. The molecule has 0 spiro atoms. The molecule has 1 aromatic heterocycles. The molecule has 0 saturated heterocycles. The average molecular weight is 255 g/mol. The van der Waals surface area contributed by atoms with Crippen molar-refractivity contribution in [2.75, 3.05) is 19.3 Å². The first-order valence-electron chi connectivity index (χ1n) is 5.46. The van der Waals surface area contributed by atoms with Crippen LogP contribution in [-0.2, 0) is 0 Å². The van der Waals surface area contributed by atoms with Crippen LogP contribution in [0.25, 0.3) is 0 Å². The molecule has 2 unspecified atom stereocenters. The van der Waals surface area contributed by atoms with Gasteiger partial charge in [0.2, 0.25) is 0 Å². The first-order valence-corrected chi connectivity index (χ1v) is 5.46. The molecule has 0 aromatic carbocycles. The van der Waals surface area contributed by atoms with Crippen molar-refractivity contribution in [2.24, 2.45) is 0 Å². The number of anilines is 1. The predicted molar refractivity (Wildman–Crippen MR) is 65.1 cm³/mol. The Hall–Kier alpha value is -1.70. The van der Waals surface area contributed by atoms with Gasteiger partial charge in [0.25, 0.3) is 0 Å². The number of aromatic carboxylic acids is 1. The lowest BCUT2D eigenvalue weighted by atomic mass is 10.0. The lowest BCUT2D eigenvalue weighted by Crippen LogP contribution is -2.23. The second-order valence-corrected chi connectivity index (χ2v) is 3.91. The van der Waals surface area contributed by atoms with Gasteiger partial charge >= 0.3 is 5.97 Å². The molecule has 1 rings (SSSR count). The van der Waals surface area contributed by atoms with Gasteiger partial charge in [-0.2, -0.15) is 0 Å². The minimum absolute atomic E-state index is 0.122. The molecule has 6 N–H and O–H groups in total. The Bertz CT molecular complexity index is 425. The Kier molecular flexibility index (Phi) is 5.02. The molecule has 7 nitrogen and oxygen atoms in total. The van der Waals surface area contributed by atoms with E-state index in [-0.39, 0.29) is 16.9 Å². The Morgan fingerprint density at radius 1 is 1.56 bits per heavy atom. The molecular formula is C11H17N3O4. The highest BCUT2D eigenvalue weighted by molar-refractivity contribution is 5.92. The van der Waals surface area contributed by atoms with E-state index in [1.54, 1.807) is 7.05 Å². The summed E-state index contributed by atoms with van der Waals surface area (Å²) in [7, 11) is 1.73. The summed E-state index contributed by atoms with van der Waals surface area (Å²) in [6, 6.07) is 1.22. The number of aromatic nitrogens is 1. The molecule has 0 aliphatic rings. The Balaban J connectivity index is 2.89. The van der Waals surface area contributed by atoms with Crippen molar-refractivity contribution in [2.45, 2.75) is 18.6 Å². The van der Waals surface area contributed by atoms with Crippen molar-refractivity contribution in [3.8, 4) is 0 Å². The van der Waals surface area contributed by atoms with Crippen LogP contribution in [0.15, 0.2) is 12.3 Å². The van der Waals surface area contributed by atoms with E-state index in [4.69, 9.17) is 10.8 Å². The second kappa shape index (κ2) is 6.29. The lowest BCUT2D eigenvalue weighted by molar-refractivity contribution is 0.0138. The molecule has 0 aliphatic heterocycles. The first-order chi connectivity index (χ1) is 8.47. The van der Waals surface area contributed by atoms with Crippen LogP contribution in [0.4, 0.5) is 5.82 Å². The summed E-state index contributed by atoms with van der Waals surface area (Å²) in [4.78, 5) is 14.6. The van der Waals surface area contributed by atoms with Crippen LogP contribution >= 0.6 is 0 Å². The summed E-state index contributed by atoms with van der Waals surface area (Å²) in [5.74, 6) is -1.35. The summed E-state index contributed by atoms with van der Waals surface area (Å²) in [6.45, 7) is 0.534. The average Bonchev–Trinajstić information content (AvgIpc) is 2.35. The lowest BCUT2D eigenvalue weighted by Gasteiger charge is -2.18. The minimum Gasteiger partial charge on any atom is -0.478 e. The number of carbonyl (C=O) groups is 1. The van der Waals surface area contributed by atoms with Crippen LogP contribution in [0.2, 0.25) is 0 Å². The fraction of sp³-hybridized carbons (Fsp3) is 0.455. The van der Waals surface area contributed by atoms with Crippen molar-refractivity contribution in [1.82, 2.24) is 10.3 Å². The molecule has 0 fully saturated rings. The van der Waals surface area contributed by atoms with E-state index < -0.39 is 18.2 Å². The molecule has 0 bridgehead atoms. The highest BCUT2D eigenvalue weighted by Crippen LogP contribution is 2.21. The van der Waals surface area contributed by atoms with Gasteiger partial charge in [0.15, 0.2) is 0 Å². The molecule has 1 aromatic rings. The van der Waals surface area contributed by atoms with Gasteiger partial charge in [-0.05, 0) is 26.1 Å². The normalized spacial score (nSPS) is 14.2. The van der Waals surface area contributed by atoms with Crippen molar-refractivity contribution in [1.29, 1.82) is 0 Å². The number of nitrogen functional groups attached to an aromatic ring is 1. The molecule has 100 valence electrons. The van der Waals surface area contributed by atoms with Gasteiger partial charge in [-0.1, -0.05) is 0 Å². The molecule has 0 radical (unpaired) electrons.